The van der Waals surface area contributed by atoms with E-state index in [1.165, 1.54) is 22.3 Å². The van der Waals surface area contributed by atoms with Gasteiger partial charge in [0, 0.05) is 43.0 Å². The Bertz CT molecular complexity index is 653. The summed E-state index contributed by atoms with van der Waals surface area (Å²) in [5.74, 6) is 0. The largest absolute Gasteiger partial charge is 0.399 e. The molecule has 1 aliphatic carbocycles. The number of halogens is 1. The maximum Gasteiger partial charge on any atom is 0.0474 e. The van der Waals surface area contributed by atoms with Crippen molar-refractivity contribution >= 4 is 21.6 Å². The minimum Gasteiger partial charge on any atom is -0.399 e. The first-order valence-corrected chi connectivity index (χ1v) is 8.60. The Morgan fingerprint density at radius 2 is 1.48 bits per heavy atom. The van der Waals surface area contributed by atoms with Crippen LogP contribution in [0.3, 0.4) is 0 Å². The zero-order valence-electron chi connectivity index (χ0n) is 13.6. The van der Waals surface area contributed by atoms with Gasteiger partial charge in [-0.25, -0.2) is 0 Å². The van der Waals surface area contributed by atoms with Crippen LogP contribution in [0.4, 0.5) is 5.69 Å². The van der Waals surface area contributed by atoms with Crippen LogP contribution in [0.1, 0.15) is 24.0 Å². The number of nitrogens with two attached hydrogens (primary N) is 1. The van der Waals surface area contributed by atoms with Gasteiger partial charge in [0.1, 0.15) is 0 Å². The van der Waals surface area contributed by atoms with Crippen molar-refractivity contribution in [2.45, 2.75) is 18.3 Å². The average Bonchev–Trinajstić information content (AvgIpc) is 2.80. The molecule has 1 aliphatic rings. The normalized spacial score (nSPS) is 14.6. The van der Waals surface area contributed by atoms with E-state index >= 15 is 0 Å². The fourth-order valence-electron chi connectivity index (χ4n) is 3.70. The second-order valence-electron chi connectivity index (χ2n) is 6.06. The Balaban J connectivity index is 2.23. The number of rotatable bonds is 6. The van der Waals surface area contributed by atoms with Gasteiger partial charge in [-0.05, 0) is 59.4 Å². The van der Waals surface area contributed by atoms with Gasteiger partial charge in [-0.2, -0.15) is 0 Å². The molecule has 2 aromatic rings. The molecule has 0 saturated carbocycles. The Labute approximate surface area is 145 Å². The molecule has 0 bridgehead atoms. The maximum atomic E-state index is 6.10. The summed E-state index contributed by atoms with van der Waals surface area (Å²) in [6.45, 7) is 1.40. The summed E-state index contributed by atoms with van der Waals surface area (Å²) in [4.78, 5) is 0. The van der Waals surface area contributed by atoms with E-state index < -0.39 is 0 Å². The molecule has 0 unspecified atom stereocenters. The SMILES string of the molecule is COCCC1(CCOC)c2cc(N)ccc2-c2ccc(Br)cc21. The molecule has 0 spiro atoms. The summed E-state index contributed by atoms with van der Waals surface area (Å²) in [6.07, 6.45) is 1.82. The van der Waals surface area contributed by atoms with E-state index in [4.69, 9.17) is 15.2 Å². The first-order chi connectivity index (χ1) is 11.1. The second-order valence-corrected chi connectivity index (χ2v) is 6.98. The van der Waals surface area contributed by atoms with Crippen LogP contribution in [0.5, 0.6) is 0 Å². The van der Waals surface area contributed by atoms with Crippen molar-refractivity contribution in [3.05, 3.63) is 52.0 Å². The van der Waals surface area contributed by atoms with Crippen molar-refractivity contribution < 1.29 is 9.47 Å². The van der Waals surface area contributed by atoms with Gasteiger partial charge in [-0.1, -0.05) is 28.1 Å². The Kier molecular flexibility index (Phi) is 4.76. The third kappa shape index (κ3) is 2.80. The number of ether oxygens (including phenoxy) is 2. The summed E-state index contributed by atoms with van der Waals surface area (Å²) in [5, 5.41) is 0. The average molecular weight is 376 g/mol. The molecular weight excluding hydrogens is 354 g/mol. The number of hydrogen-bond acceptors (Lipinski definition) is 3. The van der Waals surface area contributed by atoms with Crippen molar-refractivity contribution in [3.63, 3.8) is 0 Å². The molecule has 0 saturated heterocycles. The van der Waals surface area contributed by atoms with Crippen molar-refractivity contribution in [1.82, 2.24) is 0 Å². The van der Waals surface area contributed by atoms with Crippen molar-refractivity contribution in [2.24, 2.45) is 0 Å². The molecule has 0 aromatic heterocycles. The van der Waals surface area contributed by atoms with Gasteiger partial charge < -0.3 is 15.2 Å². The first-order valence-electron chi connectivity index (χ1n) is 7.80. The van der Waals surface area contributed by atoms with E-state index in [1.54, 1.807) is 14.2 Å². The molecule has 2 aromatic carbocycles. The molecule has 0 amide bonds. The van der Waals surface area contributed by atoms with Crippen LogP contribution in [-0.2, 0) is 14.9 Å². The number of anilines is 1. The van der Waals surface area contributed by atoms with E-state index in [1.807, 2.05) is 6.07 Å². The highest BCUT2D eigenvalue weighted by Gasteiger charge is 2.42. The van der Waals surface area contributed by atoms with Crippen LogP contribution in [0.2, 0.25) is 0 Å². The monoisotopic (exact) mass is 375 g/mol. The third-order valence-electron chi connectivity index (χ3n) is 4.81. The molecule has 122 valence electrons. The van der Waals surface area contributed by atoms with Crippen molar-refractivity contribution in [3.8, 4) is 11.1 Å². The highest BCUT2D eigenvalue weighted by atomic mass is 79.9. The van der Waals surface area contributed by atoms with E-state index in [0.29, 0.717) is 13.2 Å². The van der Waals surface area contributed by atoms with Gasteiger partial charge in [0.15, 0.2) is 0 Å². The molecule has 0 heterocycles. The molecule has 0 atom stereocenters. The molecule has 3 nitrogen and oxygen atoms in total. The zero-order chi connectivity index (χ0) is 16.4. The number of methoxy groups -OCH3 is 2. The lowest BCUT2D eigenvalue weighted by atomic mass is 9.73. The van der Waals surface area contributed by atoms with Gasteiger partial charge in [-0.15, -0.1) is 0 Å². The maximum absolute atomic E-state index is 6.10. The fraction of sp³-hybridized carbons (Fsp3) is 0.368. The lowest BCUT2D eigenvalue weighted by Gasteiger charge is -2.32. The van der Waals surface area contributed by atoms with E-state index in [2.05, 4.69) is 46.3 Å². The predicted molar refractivity (Wildman–Crippen MR) is 97.8 cm³/mol. The summed E-state index contributed by atoms with van der Waals surface area (Å²) >= 11 is 3.62. The van der Waals surface area contributed by atoms with Crippen LogP contribution >= 0.6 is 15.9 Å². The van der Waals surface area contributed by atoms with E-state index in [0.717, 1.165) is 23.0 Å². The zero-order valence-corrected chi connectivity index (χ0v) is 15.2. The van der Waals surface area contributed by atoms with Gasteiger partial charge in [0.05, 0.1) is 0 Å². The van der Waals surface area contributed by atoms with Crippen LogP contribution in [0.15, 0.2) is 40.9 Å². The molecular formula is C19H22BrNO2. The quantitative estimate of drug-likeness (QED) is 0.762. The molecule has 23 heavy (non-hydrogen) atoms. The van der Waals surface area contributed by atoms with Crippen LogP contribution in [-0.4, -0.2) is 27.4 Å². The fourth-order valence-corrected chi connectivity index (χ4v) is 4.06. The van der Waals surface area contributed by atoms with Crippen LogP contribution in [0.25, 0.3) is 11.1 Å². The third-order valence-corrected chi connectivity index (χ3v) is 5.31. The number of hydrogen-bond donors (Lipinski definition) is 1. The Hall–Kier alpha value is -1.36. The lowest BCUT2D eigenvalue weighted by Crippen LogP contribution is -2.29. The molecule has 0 radical (unpaired) electrons. The molecule has 0 aliphatic heterocycles. The topological polar surface area (TPSA) is 44.5 Å². The first kappa shape index (κ1) is 16.5. The lowest BCUT2D eigenvalue weighted by molar-refractivity contribution is 0.145. The highest BCUT2D eigenvalue weighted by Crippen LogP contribution is 2.53. The molecule has 0 fully saturated rings. The minimum atomic E-state index is -0.115. The molecule has 4 heteroatoms. The molecule has 2 N–H and O–H groups in total. The number of fused-ring (bicyclic) bond motifs is 3. The van der Waals surface area contributed by atoms with Crippen LogP contribution < -0.4 is 5.73 Å². The van der Waals surface area contributed by atoms with Crippen molar-refractivity contribution in [1.29, 1.82) is 0 Å². The van der Waals surface area contributed by atoms with Gasteiger partial charge >= 0.3 is 0 Å². The smallest absolute Gasteiger partial charge is 0.0474 e. The highest BCUT2D eigenvalue weighted by molar-refractivity contribution is 9.10. The Morgan fingerprint density at radius 1 is 0.913 bits per heavy atom. The minimum absolute atomic E-state index is 0.115. The van der Waals surface area contributed by atoms with E-state index in [-0.39, 0.29) is 5.41 Å². The Morgan fingerprint density at radius 3 is 2.09 bits per heavy atom. The summed E-state index contributed by atoms with van der Waals surface area (Å²) in [7, 11) is 3.50. The summed E-state index contributed by atoms with van der Waals surface area (Å²) in [6, 6.07) is 12.8. The summed E-state index contributed by atoms with van der Waals surface area (Å²) in [5.41, 5.74) is 12.0. The molecule has 3 rings (SSSR count). The van der Waals surface area contributed by atoms with Gasteiger partial charge in [0.2, 0.25) is 0 Å². The summed E-state index contributed by atoms with van der Waals surface area (Å²) < 4.78 is 11.9. The van der Waals surface area contributed by atoms with Crippen molar-refractivity contribution in [2.75, 3.05) is 33.2 Å². The van der Waals surface area contributed by atoms with Gasteiger partial charge in [0.25, 0.3) is 0 Å². The standard InChI is InChI=1S/C19H22BrNO2/c1-22-9-7-19(8-10-23-2)17-11-13(20)3-5-15(17)16-6-4-14(21)12-18(16)19/h3-6,11-12H,7-10,21H2,1-2H3. The number of nitrogen functional groups attached to an aromatic ring is 1. The van der Waals surface area contributed by atoms with Gasteiger partial charge in [-0.3, -0.25) is 0 Å². The van der Waals surface area contributed by atoms with E-state index in [9.17, 15) is 0 Å². The van der Waals surface area contributed by atoms with Crippen LogP contribution in [0, 0.1) is 0 Å². The second kappa shape index (κ2) is 6.63. The number of benzene rings is 2. The predicted octanol–water partition coefficient (Wildman–Crippen LogP) is 4.37.